The molecule has 2 heterocycles. The smallest absolute Gasteiger partial charge is 0.191 e. The van der Waals surface area contributed by atoms with E-state index in [1.807, 2.05) is 18.2 Å². The largest absolute Gasteiger partial charge is 0.371 e. The van der Waals surface area contributed by atoms with Gasteiger partial charge in [-0.25, -0.2) is 0 Å². The van der Waals surface area contributed by atoms with E-state index in [1.165, 1.54) is 0 Å². The van der Waals surface area contributed by atoms with E-state index >= 15 is 0 Å². The lowest BCUT2D eigenvalue weighted by Crippen LogP contribution is -2.42. The SMILES string of the molecule is CCNC1CCN(c2cccc3nccc([O])c23)CC1. The fraction of sp³-hybridized carbons (Fsp3) is 0.438. The minimum atomic E-state index is 0.0689. The van der Waals surface area contributed by atoms with Crippen molar-refractivity contribution in [2.45, 2.75) is 25.8 Å². The Kier molecular flexibility index (Phi) is 3.74. The second kappa shape index (κ2) is 5.67. The molecule has 105 valence electrons. The Labute approximate surface area is 119 Å². The highest BCUT2D eigenvalue weighted by Crippen LogP contribution is 2.34. The Bertz CT molecular complexity index is 586. The molecule has 1 aromatic heterocycles. The molecule has 4 nitrogen and oxygen atoms in total. The molecule has 0 unspecified atom stereocenters. The lowest BCUT2D eigenvalue weighted by Gasteiger charge is -2.34. The van der Waals surface area contributed by atoms with E-state index in [2.05, 4.69) is 22.1 Å². The quantitative estimate of drug-likeness (QED) is 0.932. The van der Waals surface area contributed by atoms with Crippen LogP contribution in [-0.4, -0.2) is 30.7 Å². The molecule has 1 fully saturated rings. The first kappa shape index (κ1) is 13.2. The molecule has 1 aliphatic heterocycles. The van der Waals surface area contributed by atoms with Crippen molar-refractivity contribution in [1.29, 1.82) is 0 Å². The van der Waals surface area contributed by atoms with Crippen LogP contribution in [0.3, 0.4) is 0 Å². The van der Waals surface area contributed by atoms with Gasteiger partial charge in [0.1, 0.15) is 0 Å². The number of anilines is 1. The van der Waals surface area contributed by atoms with Crippen LogP contribution in [0, 0.1) is 0 Å². The highest BCUT2D eigenvalue weighted by molar-refractivity contribution is 5.96. The summed E-state index contributed by atoms with van der Waals surface area (Å²) in [5.74, 6) is 0.0689. The summed E-state index contributed by atoms with van der Waals surface area (Å²) in [7, 11) is 0. The number of nitrogens with zero attached hydrogens (tertiary/aromatic N) is 2. The minimum Gasteiger partial charge on any atom is -0.371 e. The van der Waals surface area contributed by atoms with Crippen molar-refractivity contribution in [3.8, 4) is 5.75 Å². The highest BCUT2D eigenvalue weighted by Gasteiger charge is 2.21. The molecule has 3 rings (SSSR count). The number of fused-ring (bicyclic) bond motifs is 1. The molecular weight excluding hydrogens is 250 g/mol. The van der Waals surface area contributed by atoms with Gasteiger partial charge in [0.2, 0.25) is 0 Å². The average molecular weight is 270 g/mol. The molecule has 1 N–H and O–H groups in total. The molecule has 0 aliphatic carbocycles. The van der Waals surface area contributed by atoms with Crippen molar-refractivity contribution < 1.29 is 5.11 Å². The van der Waals surface area contributed by atoms with E-state index in [4.69, 9.17) is 0 Å². The van der Waals surface area contributed by atoms with E-state index in [1.54, 1.807) is 12.3 Å². The Hall–Kier alpha value is -1.81. The Morgan fingerprint density at radius 3 is 2.85 bits per heavy atom. The van der Waals surface area contributed by atoms with Gasteiger partial charge in [-0.15, -0.1) is 0 Å². The third-order valence-corrected chi connectivity index (χ3v) is 4.03. The summed E-state index contributed by atoms with van der Waals surface area (Å²) in [5, 5.41) is 16.4. The Balaban J connectivity index is 1.88. The van der Waals surface area contributed by atoms with Gasteiger partial charge < -0.3 is 10.2 Å². The highest BCUT2D eigenvalue weighted by atomic mass is 16.3. The summed E-state index contributed by atoms with van der Waals surface area (Å²) < 4.78 is 0. The number of piperidine rings is 1. The van der Waals surface area contributed by atoms with E-state index in [0.29, 0.717) is 6.04 Å². The molecule has 1 aromatic carbocycles. The van der Waals surface area contributed by atoms with E-state index in [0.717, 1.165) is 49.1 Å². The Morgan fingerprint density at radius 1 is 1.30 bits per heavy atom. The van der Waals surface area contributed by atoms with Gasteiger partial charge in [-0.3, -0.25) is 10.1 Å². The third kappa shape index (κ3) is 2.43. The van der Waals surface area contributed by atoms with Crippen molar-refractivity contribution in [2.75, 3.05) is 24.5 Å². The first-order valence-electron chi connectivity index (χ1n) is 7.32. The summed E-state index contributed by atoms with van der Waals surface area (Å²) in [6.45, 7) is 5.15. The van der Waals surface area contributed by atoms with Crippen molar-refractivity contribution in [3.63, 3.8) is 0 Å². The van der Waals surface area contributed by atoms with Gasteiger partial charge in [-0.05, 0) is 31.5 Å². The zero-order chi connectivity index (χ0) is 13.9. The van der Waals surface area contributed by atoms with E-state index < -0.39 is 0 Å². The zero-order valence-electron chi connectivity index (χ0n) is 11.8. The number of hydrogen-bond acceptors (Lipinski definition) is 3. The third-order valence-electron chi connectivity index (χ3n) is 4.03. The van der Waals surface area contributed by atoms with Gasteiger partial charge >= 0.3 is 0 Å². The van der Waals surface area contributed by atoms with E-state index in [9.17, 15) is 5.11 Å². The predicted molar refractivity (Wildman–Crippen MR) is 80.8 cm³/mol. The summed E-state index contributed by atoms with van der Waals surface area (Å²) in [6.07, 6.45) is 3.84. The standard InChI is InChI=1S/C16H20N3O/c1-2-17-12-7-10-19(11-8-12)14-5-3-4-13-16(14)15(20)6-9-18-13/h3-6,9,12,17H,2,7-8,10-11H2,1H3. The van der Waals surface area contributed by atoms with Crippen LogP contribution >= 0.6 is 0 Å². The molecule has 20 heavy (non-hydrogen) atoms. The molecule has 1 saturated heterocycles. The molecule has 0 spiro atoms. The van der Waals surface area contributed by atoms with Crippen LogP contribution in [0.4, 0.5) is 5.69 Å². The number of benzene rings is 1. The minimum absolute atomic E-state index is 0.0689. The van der Waals surface area contributed by atoms with Crippen LogP contribution in [0.25, 0.3) is 10.9 Å². The maximum atomic E-state index is 12.1. The van der Waals surface area contributed by atoms with Gasteiger partial charge in [0.15, 0.2) is 5.75 Å². The summed E-state index contributed by atoms with van der Waals surface area (Å²) in [5.41, 5.74) is 1.83. The van der Waals surface area contributed by atoms with Crippen molar-refractivity contribution in [1.82, 2.24) is 10.3 Å². The first-order chi connectivity index (χ1) is 9.79. The normalized spacial score (nSPS) is 16.8. The molecule has 0 atom stereocenters. The van der Waals surface area contributed by atoms with Crippen molar-refractivity contribution in [3.05, 3.63) is 30.5 Å². The summed E-state index contributed by atoms with van der Waals surface area (Å²) in [4.78, 5) is 6.62. The van der Waals surface area contributed by atoms with Gasteiger partial charge in [0.05, 0.1) is 16.6 Å². The van der Waals surface area contributed by atoms with E-state index in [-0.39, 0.29) is 5.75 Å². The van der Waals surface area contributed by atoms with Crippen LogP contribution in [0.15, 0.2) is 30.5 Å². The lowest BCUT2D eigenvalue weighted by molar-refractivity contribution is 0.360. The van der Waals surface area contributed by atoms with Gasteiger partial charge in [0, 0.05) is 31.4 Å². The number of nitrogens with one attached hydrogen (secondary N) is 1. The Morgan fingerprint density at radius 2 is 2.10 bits per heavy atom. The van der Waals surface area contributed by atoms with Crippen LogP contribution in [0.1, 0.15) is 19.8 Å². The van der Waals surface area contributed by atoms with Crippen LogP contribution in [0.5, 0.6) is 5.75 Å². The van der Waals surface area contributed by atoms with Crippen molar-refractivity contribution in [2.24, 2.45) is 0 Å². The number of aromatic nitrogens is 1. The van der Waals surface area contributed by atoms with Crippen molar-refractivity contribution >= 4 is 16.6 Å². The first-order valence-corrected chi connectivity index (χ1v) is 7.32. The van der Waals surface area contributed by atoms with Gasteiger partial charge in [-0.1, -0.05) is 13.0 Å². The number of hydrogen-bond donors (Lipinski definition) is 1. The lowest BCUT2D eigenvalue weighted by atomic mass is 10.0. The second-order valence-corrected chi connectivity index (χ2v) is 5.30. The van der Waals surface area contributed by atoms with Gasteiger partial charge in [0.25, 0.3) is 0 Å². The molecular formula is C16H20N3O. The van der Waals surface area contributed by atoms with Crippen LogP contribution < -0.4 is 10.2 Å². The molecule has 4 heteroatoms. The van der Waals surface area contributed by atoms with Crippen LogP contribution in [0.2, 0.25) is 0 Å². The number of pyridine rings is 1. The molecule has 0 amide bonds. The molecule has 1 aliphatic rings. The maximum Gasteiger partial charge on any atom is 0.191 e. The summed E-state index contributed by atoms with van der Waals surface area (Å²) in [6, 6.07) is 8.10. The fourth-order valence-corrected chi connectivity index (χ4v) is 3.03. The maximum absolute atomic E-state index is 12.1. The molecule has 1 radical (unpaired) electrons. The topological polar surface area (TPSA) is 48.1 Å². The molecule has 0 saturated carbocycles. The fourth-order valence-electron chi connectivity index (χ4n) is 3.03. The second-order valence-electron chi connectivity index (χ2n) is 5.30. The molecule has 0 bridgehead atoms. The number of rotatable bonds is 3. The average Bonchev–Trinajstić information content (AvgIpc) is 2.48. The zero-order valence-corrected chi connectivity index (χ0v) is 11.8. The predicted octanol–water partition coefficient (Wildman–Crippen LogP) is 2.96. The monoisotopic (exact) mass is 270 g/mol. The van der Waals surface area contributed by atoms with Crippen LogP contribution in [-0.2, 0) is 5.11 Å². The van der Waals surface area contributed by atoms with Gasteiger partial charge in [-0.2, -0.15) is 0 Å². The molecule has 2 aromatic rings. The summed E-state index contributed by atoms with van der Waals surface area (Å²) >= 11 is 0.